The molecule has 0 atom stereocenters. The molecule has 2 rings (SSSR count). The SMILES string of the molecule is Br.CN(CCO)Cc1cc([N+](=O)[O-])cc2[nH]c(=O)c(=O)[nH]c12. The fourth-order valence-corrected chi connectivity index (χ4v) is 2.05. The molecular weight excluding hydrogens is 360 g/mol. The zero-order valence-electron chi connectivity index (χ0n) is 11.7. The van der Waals surface area contributed by atoms with Gasteiger partial charge in [0.1, 0.15) is 0 Å². The second-order valence-electron chi connectivity index (χ2n) is 4.65. The number of aromatic nitrogens is 2. The zero-order chi connectivity index (χ0) is 15.6. The normalized spacial score (nSPS) is 10.7. The van der Waals surface area contributed by atoms with Gasteiger partial charge >= 0.3 is 11.1 Å². The highest BCUT2D eigenvalue weighted by molar-refractivity contribution is 8.93. The van der Waals surface area contributed by atoms with Crippen molar-refractivity contribution in [1.82, 2.24) is 14.9 Å². The van der Waals surface area contributed by atoms with Crippen molar-refractivity contribution in [3.8, 4) is 0 Å². The van der Waals surface area contributed by atoms with E-state index >= 15 is 0 Å². The fraction of sp³-hybridized carbons (Fsp3) is 0.333. The van der Waals surface area contributed by atoms with Crippen LogP contribution in [0.5, 0.6) is 0 Å². The smallest absolute Gasteiger partial charge is 0.314 e. The van der Waals surface area contributed by atoms with Gasteiger partial charge in [-0.15, -0.1) is 17.0 Å². The van der Waals surface area contributed by atoms with E-state index in [0.717, 1.165) is 0 Å². The van der Waals surface area contributed by atoms with Gasteiger partial charge < -0.3 is 15.1 Å². The Bertz CT molecular complexity index is 800. The molecule has 3 N–H and O–H groups in total. The van der Waals surface area contributed by atoms with Crippen LogP contribution in [0.1, 0.15) is 5.56 Å². The molecule has 0 fully saturated rings. The van der Waals surface area contributed by atoms with Gasteiger partial charge in [0.15, 0.2) is 0 Å². The van der Waals surface area contributed by atoms with E-state index in [-0.39, 0.29) is 41.3 Å². The molecule has 0 radical (unpaired) electrons. The number of likely N-dealkylation sites (N-methyl/N-ethyl adjacent to an activating group) is 1. The number of aromatic amines is 2. The Morgan fingerprint density at radius 3 is 2.50 bits per heavy atom. The third-order valence-corrected chi connectivity index (χ3v) is 3.03. The molecule has 1 aromatic heterocycles. The first kappa shape index (κ1) is 18.0. The molecule has 0 spiro atoms. The number of halogens is 1. The summed E-state index contributed by atoms with van der Waals surface area (Å²) in [5.74, 6) is 0. The Morgan fingerprint density at radius 2 is 1.91 bits per heavy atom. The summed E-state index contributed by atoms with van der Waals surface area (Å²) in [6, 6.07) is 2.53. The predicted octanol–water partition coefficient (Wildman–Crippen LogP) is 0.127. The maximum absolute atomic E-state index is 11.4. The first-order valence-electron chi connectivity index (χ1n) is 6.15. The summed E-state index contributed by atoms with van der Waals surface area (Å²) in [5, 5.41) is 19.8. The Labute approximate surface area is 134 Å². The third kappa shape index (κ3) is 3.78. The number of hydrogen-bond acceptors (Lipinski definition) is 6. The van der Waals surface area contributed by atoms with Gasteiger partial charge in [0, 0.05) is 25.2 Å². The molecule has 0 unspecified atom stereocenters. The molecule has 22 heavy (non-hydrogen) atoms. The van der Waals surface area contributed by atoms with E-state index in [1.807, 2.05) is 0 Å². The van der Waals surface area contributed by atoms with E-state index < -0.39 is 16.0 Å². The van der Waals surface area contributed by atoms with E-state index in [2.05, 4.69) is 9.97 Å². The standard InChI is InChI=1S/C12H14N4O5.BrH/c1-15(2-3-17)6-7-4-8(16(20)21)5-9-10(7)14-12(19)11(18)13-9;/h4-5,17H,2-3,6H2,1H3,(H,13,18)(H,14,19);1H. The Hall–Kier alpha value is -2.04. The summed E-state index contributed by atoms with van der Waals surface area (Å²) < 4.78 is 0. The molecule has 10 heteroatoms. The Morgan fingerprint density at radius 1 is 1.27 bits per heavy atom. The minimum atomic E-state index is -0.863. The average Bonchev–Trinajstić information content (AvgIpc) is 2.40. The molecule has 0 aliphatic carbocycles. The monoisotopic (exact) mass is 374 g/mol. The molecule has 0 aliphatic heterocycles. The van der Waals surface area contributed by atoms with Crippen LogP contribution >= 0.6 is 17.0 Å². The van der Waals surface area contributed by atoms with Crippen LogP contribution in [0, 0.1) is 10.1 Å². The first-order chi connectivity index (χ1) is 9.92. The van der Waals surface area contributed by atoms with Crippen molar-refractivity contribution in [3.05, 3.63) is 48.5 Å². The highest BCUT2D eigenvalue weighted by Crippen LogP contribution is 2.22. The number of nitrogens with zero attached hydrogens (tertiary/aromatic N) is 2. The molecule has 1 aromatic carbocycles. The van der Waals surface area contributed by atoms with E-state index in [9.17, 15) is 19.7 Å². The lowest BCUT2D eigenvalue weighted by molar-refractivity contribution is -0.384. The number of nitro benzene ring substituents is 1. The summed E-state index contributed by atoms with van der Waals surface area (Å²) in [7, 11) is 1.73. The predicted molar refractivity (Wildman–Crippen MR) is 85.6 cm³/mol. The van der Waals surface area contributed by atoms with Gasteiger partial charge in [-0.05, 0) is 12.6 Å². The van der Waals surface area contributed by atoms with Crippen molar-refractivity contribution in [1.29, 1.82) is 0 Å². The topological polar surface area (TPSA) is 132 Å². The van der Waals surface area contributed by atoms with Crippen LogP contribution in [0.4, 0.5) is 5.69 Å². The van der Waals surface area contributed by atoms with Gasteiger partial charge in [-0.2, -0.15) is 0 Å². The van der Waals surface area contributed by atoms with Crippen molar-refractivity contribution in [3.63, 3.8) is 0 Å². The highest BCUT2D eigenvalue weighted by atomic mass is 79.9. The number of nitrogens with one attached hydrogen (secondary N) is 2. The van der Waals surface area contributed by atoms with Crippen LogP contribution < -0.4 is 11.1 Å². The van der Waals surface area contributed by atoms with Gasteiger partial charge in [-0.25, -0.2) is 0 Å². The molecule has 0 saturated carbocycles. The number of benzene rings is 1. The maximum atomic E-state index is 11.4. The van der Waals surface area contributed by atoms with Crippen LogP contribution in [0.25, 0.3) is 11.0 Å². The quantitative estimate of drug-likeness (QED) is 0.387. The summed E-state index contributed by atoms with van der Waals surface area (Å²) in [6.07, 6.45) is 0. The van der Waals surface area contributed by atoms with Gasteiger partial charge in [-0.3, -0.25) is 24.6 Å². The summed E-state index contributed by atoms with van der Waals surface area (Å²) in [5.41, 5.74) is -0.836. The Balaban J connectivity index is 0.00000242. The summed E-state index contributed by atoms with van der Waals surface area (Å²) >= 11 is 0. The minimum absolute atomic E-state index is 0. The lowest BCUT2D eigenvalue weighted by atomic mass is 10.1. The third-order valence-electron chi connectivity index (χ3n) is 3.03. The maximum Gasteiger partial charge on any atom is 0.314 e. The average molecular weight is 375 g/mol. The number of nitro groups is 1. The zero-order valence-corrected chi connectivity index (χ0v) is 13.4. The number of hydrogen-bond donors (Lipinski definition) is 3. The number of H-pyrrole nitrogens is 2. The lowest BCUT2D eigenvalue weighted by Gasteiger charge is -2.16. The second kappa shape index (κ2) is 7.29. The number of fused-ring (bicyclic) bond motifs is 1. The molecule has 2 aromatic rings. The van der Waals surface area contributed by atoms with Crippen LogP contribution in [-0.2, 0) is 6.54 Å². The molecular formula is C12H15BrN4O5. The Kier molecular flexibility index (Phi) is 5.97. The van der Waals surface area contributed by atoms with Gasteiger partial charge in [0.05, 0.1) is 22.6 Å². The van der Waals surface area contributed by atoms with Crippen LogP contribution in [0.2, 0.25) is 0 Å². The molecule has 0 aliphatic rings. The largest absolute Gasteiger partial charge is 0.395 e. The second-order valence-corrected chi connectivity index (χ2v) is 4.65. The van der Waals surface area contributed by atoms with E-state index in [1.54, 1.807) is 11.9 Å². The van der Waals surface area contributed by atoms with Gasteiger partial charge in [0.25, 0.3) is 5.69 Å². The molecule has 120 valence electrons. The number of aliphatic hydroxyl groups is 1. The van der Waals surface area contributed by atoms with Crippen LogP contribution in [-0.4, -0.2) is 45.1 Å². The number of rotatable bonds is 5. The number of aliphatic hydroxyl groups excluding tert-OH is 1. The van der Waals surface area contributed by atoms with Crippen molar-refractivity contribution >= 4 is 33.7 Å². The molecule has 1 heterocycles. The fourth-order valence-electron chi connectivity index (χ4n) is 2.05. The molecule has 0 saturated heterocycles. The van der Waals surface area contributed by atoms with E-state index in [4.69, 9.17) is 5.11 Å². The van der Waals surface area contributed by atoms with Gasteiger partial charge in [0.2, 0.25) is 0 Å². The first-order valence-corrected chi connectivity index (χ1v) is 6.15. The van der Waals surface area contributed by atoms with Crippen molar-refractivity contribution in [2.24, 2.45) is 0 Å². The highest BCUT2D eigenvalue weighted by Gasteiger charge is 2.15. The lowest BCUT2D eigenvalue weighted by Crippen LogP contribution is -2.30. The van der Waals surface area contributed by atoms with Crippen molar-refractivity contribution in [2.75, 3.05) is 20.2 Å². The minimum Gasteiger partial charge on any atom is -0.395 e. The van der Waals surface area contributed by atoms with E-state index in [0.29, 0.717) is 17.6 Å². The molecule has 9 nitrogen and oxygen atoms in total. The molecule has 0 amide bonds. The van der Waals surface area contributed by atoms with E-state index in [1.165, 1.54) is 12.1 Å². The summed E-state index contributed by atoms with van der Waals surface area (Å²) in [6.45, 7) is 0.592. The van der Waals surface area contributed by atoms with Gasteiger partial charge in [-0.1, -0.05) is 0 Å². The molecule has 0 bridgehead atoms. The van der Waals surface area contributed by atoms with Crippen molar-refractivity contribution in [2.45, 2.75) is 6.54 Å². The summed E-state index contributed by atoms with van der Waals surface area (Å²) in [4.78, 5) is 39.6. The van der Waals surface area contributed by atoms with Crippen molar-refractivity contribution < 1.29 is 10.0 Å². The van der Waals surface area contributed by atoms with Crippen LogP contribution in [0.3, 0.4) is 0 Å². The number of non-ortho nitro benzene ring substituents is 1. The van der Waals surface area contributed by atoms with Crippen LogP contribution in [0.15, 0.2) is 21.7 Å².